The summed E-state index contributed by atoms with van der Waals surface area (Å²) in [7, 11) is 0. The van der Waals surface area contributed by atoms with Gasteiger partial charge in [0.1, 0.15) is 11.6 Å². The second-order valence-corrected chi connectivity index (χ2v) is 5.99. The summed E-state index contributed by atoms with van der Waals surface area (Å²) in [6, 6.07) is 2.67. The highest BCUT2D eigenvalue weighted by Crippen LogP contribution is 2.25. The Morgan fingerprint density at radius 1 is 1.39 bits per heavy atom. The van der Waals surface area contributed by atoms with Crippen molar-refractivity contribution in [1.29, 1.82) is 0 Å². The van der Waals surface area contributed by atoms with Crippen LogP contribution in [0.5, 0.6) is 0 Å². The van der Waals surface area contributed by atoms with Crippen LogP contribution in [-0.4, -0.2) is 30.2 Å². The van der Waals surface area contributed by atoms with Gasteiger partial charge in [0.15, 0.2) is 0 Å². The Bertz CT molecular complexity index is 451. The molecule has 0 amide bonds. The van der Waals surface area contributed by atoms with E-state index in [0.29, 0.717) is 24.2 Å². The molecule has 2 nitrogen and oxygen atoms in total. The average Bonchev–Trinajstić information content (AvgIpc) is 2.28. The van der Waals surface area contributed by atoms with Gasteiger partial charge in [-0.05, 0) is 41.9 Å². The minimum atomic E-state index is -0.515. The number of halogens is 3. The van der Waals surface area contributed by atoms with Gasteiger partial charge in [0.25, 0.3) is 0 Å². The van der Waals surface area contributed by atoms with E-state index < -0.39 is 11.6 Å². The Labute approximate surface area is 114 Å². The zero-order chi connectivity index (χ0) is 13.3. The zero-order valence-electron chi connectivity index (χ0n) is 10.5. The second-order valence-electron chi connectivity index (χ2n) is 5.14. The molecule has 2 rings (SSSR count). The summed E-state index contributed by atoms with van der Waals surface area (Å²) < 4.78 is 33.4. The average molecular weight is 320 g/mol. The Morgan fingerprint density at radius 3 is 2.78 bits per heavy atom. The molecular weight excluding hydrogens is 304 g/mol. The lowest BCUT2D eigenvalue weighted by Crippen LogP contribution is -2.47. The quantitative estimate of drug-likeness (QED) is 0.775. The number of benzene rings is 1. The summed E-state index contributed by atoms with van der Waals surface area (Å²) in [5.74, 6) is -1.01. The van der Waals surface area contributed by atoms with Crippen LogP contribution in [0, 0.1) is 11.6 Å². The van der Waals surface area contributed by atoms with Crippen LogP contribution in [0.25, 0.3) is 0 Å². The fourth-order valence-corrected chi connectivity index (χ4v) is 2.56. The van der Waals surface area contributed by atoms with Crippen molar-refractivity contribution in [3.8, 4) is 0 Å². The molecule has 1 saturated heterocycles. The highest BCUT2D eigenvalue weighted by Gasteiger charge is 2.28. The molecule has 5 heteroatoms. The molecule has 0 N–H and O–H groups in total. The summed E-state index contributed by atoms with van der Waals surface area (Å²) in [5.41, 5.74) is -0.154. The molecule has 0 aliphatic carbocycles. The predicted molar refractivity (Wildman–Crippen MR) is 69.4 cm³/mol. The summed E-state index contributed by atoms with van der Waals surface area (Å²) in [6.07, 6.45) is 0. The van der Waals surface area contributed by atoms with Crippen LogP contribution in [0.1, 0.15) is 19.4 Å². The minimum Gasteiger partial charge on any atom is -0.373 e. The molecule has 1 aliphatic rings. The van der Waals surface area contributed by atoms with E-state index in [0.717, 1.165) is 0 Å². The molecule has 0 saturated carbocycles. The van der Waals surface area contributed by atoms with Gasteiger partial charge in [-0.25, -0.2) is 8.78 Å². The smallest absolute Gasteiger partial charge is 0.144 e. The minimum absolute atomic E-state index is 0.113. The molecule has 1 aromatic rings. The third kappa shape index (κ3) is 3.08. The first-order valence-corrected chi connectivity index (χ1v) is 6.67. The lowest BCUT2D eigenvalue weighted by atomic mass is 10.1. The molecular formula is C13H16BrF2NO. The first-order valence-electron chi connectivity index (χ1n) is 5.88. The van der Waals surface area contributed by atoms with Crippen molar-refractivity contribution in [1.82, 2.24) is 4.90 Å². The second kappa shape index (κ2) is 5.23. The van der Waals surface area contributed by atoms with Gasteiger partial charge >= 0.3 is 0 Å². The van der Waals surface area contributed by atoms with Gasteiger partial charge in [0.2, 0.25) is 0 Å². The van der Waals surface area contributed by atoms with Crippen LogP contribution in [-0.2, 0) is 11.3 Å². The fourth-order valence-electron chi connectivity index (χ4n) is 2.19. The topological polar surface area (TPSA) is 12.5 Å². The van der Waals surface area contributed by atoms with E-state index >= 15 is 0 Å². The Kier molecular flexibility index (Phi) is 4.04. The maximum atomic E-state index is 13.9. The van der Waals surface area contributed by atoms with Crippen molar-refractivity contribution in [2.45, 2.75) is 26.0 Å². The summed E-state index contributed by atoms with van der Waals surface area (Å²) in [4.78, 5) is 2.01. The van der Waals surface area contributed by atoms with E-state index in [4.69, 9.17) is 4.74 Å². The van der Waals surface area contributed by atoms with Crippen molar-refractivity contribution >= 4 is 15.9 Å². The molecule has 0 spiro atoms. The first-order chi connectivity index (χ1) is 8.39. The lowest BCUT2D eigenvalue weighted by Gasteiger charge is -2.38. The fraction of sp³-hybridized carbons (Fsp3) is 0.538. The maximum absolute atomic E-state index is 13.9. The molecule has 0 radical (unpaired) electrons. The van der Waals surface area contributed by atoms with Gasteiger partial charge in [0, 0.05) is 25.2 Å². The molecule has 18 heavy (non-hydrogen) atoms. The van der Waals surface area contributed by atoms with E-state index in [1.165, 1.54) is 12.1 Å². The molecule has 1 aromatic carbocycles. The van der Waals surface area contributed by atoms with Gasteiger partial charge in [0.05, 0.1) is 16.7 Å². The number of morpholine rings is 1. The number of rotatable bonds is 2. The highest BCUT2D eigenvalue weighted by molar-refractivity contribution is 9.10. The van der Waals surface area contributed by atoms with E-state index in [1.54, 1.807) is 0 Å². The normalized spacial score (nSPS) is 20.1. The number of nitrogens with zero attached hydrogens (tertiary/aromatic N) is 1. The summed E-state index contributed by atoms with van der Waals surface area (Å²) in [5, 5.41) is 0. The largest absolute Gasteiger partial charge is 0.373 e. The van der Waals surface area contributed by atoms with Crippen molar-refractivity contribution in [2.75, 3.05) is 19.7 Å². The standard InChI is InChI=1S/C13H16BrF2NO/c1-13(2)8-17(5-6-18-13)7-9-11(15)4-3-10(14)12(9)16/h3-4H,5-8H2,1-2H3. The molecule has 0 atom stereocenters. The number of hydrogen-bond donors (Lipinski definition) is 0. The van der Waals surface area contributed by atoms with Gasteiger partial charge in [-0.2, -0.15) is 0 Å². The van der Waals surface area contributed by atoms with Crippen molar-refractivity contribution in [3.63, 3.8) is 0 Å². The molecule has 0 aromatic heterocycles. The number of hydrogen-bond acceptors (Lipinski definition) is 2. The zero-order valence-corrected chi connectivity index (χ0v) is 12.1. The van der Waals surface area contributed by atoms with Crippen LogP contribution in [0.3, 0.4) is 0 Å². The highest BCUT2D eigenvalue weighted by atomic mass is 79.9. The van der Waals surface area contributed by atoms with Gasteiger partial charge in [-0.3, -0.25) is 4.90 Å². The Morgan fingerprint density at radius 2 is 2.11 bits per heavy atom. The van der Waals surface area contributed by atoms with Crippen LogP contribution in [0.4, 0.5) is 8.78 Å². The molecule has 1 heterocycles. The molecule has 1 fully saturated rings. The molecule has 100 valence electrons. The first kappa shape index (κ1) is 13.9. The van der Waals surface area contributed by atoms with E-state index in [2.05, 4.69) is 15.9 Å². The lowest BCUT2D eigenvalue weighted by molar-refractivity contribution is -0.0886. The maximum Gasteiger partial charge on any atom is 0.144 e. The van der Waals surface area contributed by atoms with E-state index in [1.807, 2.05) is 18.7 Å². The predicted octanol–water partition coefficient (Wildman–Crippen LogP) is 3.34. The SMILES string of the molecule is CC1(C)CN(Cc2c(F)ccc(Br)c2F)CCO1. The van der Waals surface area contributed by atoms with E-state index in [-0.39, 0.29) is 17.7 Å². The number of ether oxygens (including phenoxy) is 1. The van der Waals surface area contributed by atoms with Crippen LogP contribution in [0.15, 0.2) is 16.6 Å². The monoisotopic (exact) mass is 319 g/mol. The van der Waals surface area contributed by atoms with Crippen molar-refractivity contribution in [3.05, 3.63) is 33.8 Å². The summed E-state index contributed by atoms with van der Waals surface area (Å²) >= 11 is 3.08. The van der Waals surface area contributed by atoms with Crippen molar-refractivity contribution in [2.24, 2.45) is 0 Å². The Hall–Kier alpha value is -0.520. The third-order valence-corrected chi connectivity index (χ3v) is 3.64. The van der Waals surface area contributed by atoms with Gasteiger partial charge < -0.3 is 4.74 Å². The molecule has 0 bridgehead atoms. The molecule has 0 unspecified atom stereocenters. The van der Waals surface area contributed by atoms with E-state index in [9.17, 15) is 8.78 Å². The summed E-state index contributed by atoms with van der Waals surface area (Å²) in [6.45, 7) is 6.17. The molecule has 1 aliphatic heterocycles. The Balaban J connectivity index is 2.17. The third-order valence-electron chi connectivity index (χ3n) is 3.03. The van der Waals surface area contributed by atoms with Crippen LogP contribution >= 0.6 is 15.9 Å². The van der Waals surface area contributed by atoms with Gasteiger partial charge in [-0.15, -0.1) is 0 Å². The van der Waals surface area contributed by atoms with Crippen molar-refractivity contribution < 1.29 is 13.5 Å². The van der Waals surface area contributed by atoms with Crippen LogP contribution < -0.4 is 0 Å². The van der Waals surface area contributed by atoms with Crippen LogP contribution in [0.2, 0.25) is 0 Å². The van der Waals surface area contributed by atoms with Gasteiger partial charge in [-0.1, -0.05) is 0 Å².